The monoisotopic (exact) mass is 789 g/mol. The van der Waals surface area contributed by atoms with E-state index in [1.54, 1.807) is 29.2 Å². The molecule has 1 aromatic carbocycles. The van der Waals surface area contributed by atoms with Crippen molar-refractivity contribution in [2.75, 3.05) is 36.9 Å². The van der Waals surface area contributed by atoms with Crippen LogP contribution in [0.2, 0.25) is 0 Å². The molecule has 290 valence electrons. The summed E-state index contributed by atoms with van der Waals surface area (Å²) in [5.74, 6) is -3.71. The number of amides is 2. The highest BCUT2D eigenvalue weighted by Gasteiger charge is 2.57. The predicted molar refractivity (Wildman–Crippen MR) is 188 cm³/mol. The number of β-lactam (4-membered cyclic amide) rings is 1. The van der Waals surface area contributed by atoms with Crippen molar-refractivity contribution in [3.63, 3.8) is 0 Å². The first kappa shape index (κ1) is 38.7. The van der Waals surface area contributed by atoms with E-state index in [0.29, 0.717) is 41.9 Å². The number of carboxylic acids is 1. The van der Waals surface area contributed by atoms with Gasteiger partial charge in [-0.3, -0.25) is 14.4 Å². The number of ether oxygens (including phenoxy) is 1. The number of nitrogen functional groups attached to an aromatic ring is 1. The maximum atomic E-state index is 13.5. The van der Waals surface area contributed by atoms with Crippen molar-refractivity contribution in [2.45, 2.75) is 58.0 Å². The Morgan fingerprint density at radius 3 is 2.54 bits per heavy atom. The third-order valence-electron chi connectivity index (χ3n) is 9.43. The number of carbonyl (C=O) groups is 4. The number of aromatic nitrogens is 3. The summed E-state index contributed by atoms with van der Waals surface area (Å²) in [6.45, 7) is 6.50. The summed E-state index contributed by atoms with van der Waals surface area (Å²) in [7, 11) is -5.26. The molecule has 22 heteroatoms. The number of anilines is 2. The van der Waals surface area contributed by atoms with Crippen LogP contribution in [0.25, 0.3) is 0 Å². The lowest BCUT2D eigenvalue weighted by Gasteiger charge is -2.51. The van der Waals surface area contributed by atoms with Gasteiger partial charge >= 0.3 is 5.97 Å². The van der Waals surface area contributed by atoms with E-state index in [-0.39, 0.29) is 22.5 Å². The van der Waals surface area contributed by atoms with Crippen molar-refractivity contribution in [2.24, 2.45) is 22.7 Å². The first-order valence-corrected chi connectivity index (χ1v) is 19.1. The third kappa shape index (κ3) is 8.07. The second kappa shape index (κ2) is 15.4. The molecule has 2 aromatic heterocycles. The van der Waals surface area contributed by atoms with Crippen molar-refractivity contribution in [3.8, 4) is 5.75 Å². The van der Waals surface area contributed by atoms with Crippen LogP contribution in [-0.2, 0) is 53.5 Å². The average molecular weight is 790 g/mol. The fourth-order valence-electron chi connectivity index (χ4n) is 6.35. The molecule has 0 bridgehead atoms. The van der Waals surface area contributed by atoms with Crippen molar-refractivity contribution < 1.29 is 55.8 Å². The number of aliphatic carboxylic acids is 1. The van der Waals surface area contributed by atoms with E-state index in [1.165, 1.54) is 19.2 Å². The van der Waals surface area contributed by atoms with Crippen molar-refractivity contribution in [1.82, 2.24) is 20.0 Å². The summed E-state index contributed by atoms with van der Waals surface area (Å²) in [5.41, 5.74) is 11.8. The number of thiazole rings is 1. The van der Waals surface area contributed by atoms with Crippen molar-refractivity contribution in [1.29, 1.82) is 0 Å². The molecule has 2 atom stereocenters. The Labute approximate surface area is 313 Å². The number of nitrogens with two attached hydrogens (primary N) is 2. The second-order valence-electron chi connectivity index (χ2n) is 13.5. The molecule has 2 fully saturated rings. The van der Waals surface area contributed by atoms with E-state index in [4.69, 9.17) is 21.0 Å². The van der Waals surface area contributed by atoms with Crippen LogP contribution in [-0.4, -0.2) is 100.0 Å². The number of hydrogen-bond donors (Lipinski definition) is 4. The van der Waals surface area contributed by atoms with E-state index in [9.17, 15) is 37.3 Å². The topological polar surface area (TPSA) is 278 Å². The number of fused-ring (bicyclic) bond motifs is 1. The molecule has 6 rings (SSSR count). The van der Waals surface area contributed by atoms with Gasteiger partial charge in [-0.05, 0) is 51.1 Å². The first-order chi connectivity index (χ1) is 25.6. The zero-order valence-corrected chi connectivity index (χ0v) is 30.9. The highest BCUT2D eigenvalue weighted by Crippen LogP contribution is 2.41. The molecule has 3 aliphatic heterocycles. The Balaban J connectivity index is 1.10. The predicted octanol–water partition coefficient (Wildman–Crippen LogP) is -0.616. The van der Waals surface area contributed by atoms with E-state index in [0.717, 1.165) is 43.1 Å². The molecule has 2 amide bonds. The van der Waals surface area contributed by atoms with Gasteiger partial charge < -0.3 is 40.9 Å². The summed E-state index contributed by atoms with van der Waals surface area (Å²) in [5, 5.41) is 18.7. The van der Waals surface area contributed by atoms with Gasteiger partial charge in [0.15, 0.2) is 23.2 Å². The smallest absolute Gasteiger partial charge is 0.351 e. The number of rotatable bonds is 18. The maximum absolute atomic E-state index is 13.5. The highest BCUT2D eigenvalue weighted by atomic mass is 32.3. The van der Waals surface area contributed by atoms with Crippen LogP contribution >= 0.6 is 11.3 Å². The minimum absolute atomic E-state index is 0.0524. The lowest BCUT2D eigenvalue weighted by molar-refractivity contribution is -0.781. The number of benzene rings is 1. The molecule has 54 heavy (non-hydrogen) atoms. The van der Waals surface area contributed by atoms with Crippen LogP contribution in [0.4, 0.5) is 10.8 Å². The standard InChI is InChI=1S/C32H39N9O11S2/c1-32(2)22(29(44)41(32)52-54(47,48)49)10-25(42)27(23-17-53-31(34)36-23)37-51-26(30(45)46)16-50-20-6-4-19(5-7-20)39-15-24-21(28(39)43)14-38(13-18-11-35-12-18)40(24)9-3-8-33/h4-7,14,17-18,22,26,35H,3,8-13,15-16,33H2,1-2H3,(H3-,34,36,45,46,47,48,49)/b37-27-/t22-,26+/m1/s1. The second-order valence-corrected chi connectivity index (χ2v) is 15.3. The number of nitrogens with one attached hydrogen (secondary N) is 1. The number of Topliss-reactive ketones (excluding diaryl/α,β-unsaturated/α-hetero) is 1. The Kier molecular flexibility index (Phi) is 11.0. The number of carbonyl (C=O) groups excluding carboxylic acids is 3. The van der Waals surface area contributed by atoms with Crippen LogP contribution in [0.5, 0.6) is 5.75 Å². The lowest BCUT2D eigenvalue weighted by Crippen LogP contribution is -2.68. The minimum atomic E-state index is -5.26. The summed E-state index contributed by atoms with van der Waals surface area (Å²) in [6.07, 6.45) is 0.422. The molecule has 3 aromatic rings. The maximum Gasteiger partial charge on any atom is 0.351 e. The molecule has 0 aliphatic carbocycles. The van der Waals surface area contributed by atoms with Gasteiger partial charge in [-0.2, -0.15) is 14.0 Å². The fraction of sp³-hybridized carbons (Fsp3) is 0.469. The number of nitrogens with zero attached hydrogens (tertiary/aromatic N) is 6. The van der Waals surface area contributed by atoms with E-state index in [2.05, 4.69) is 29.1 Å². The first-order valence-electron chi connectivity index (χ1n) is 16.9. The number of hydroxylamine groups is 2. The molecule has 0 saturated carbocycles. The zero-order valence-electron chi connectivity index (χ0n) is 29.2. The molecule has 0 spiro atoms. The van der Waals surface area contributed by atoms with Gasteiger partial charge in [0.1, 0.15) is 29.3 Å². The van der Waals surface area contributed by atoms with Crippen LogP contribution in [0.1, 0.15) is 48.4 Å². The average Bonchev–Trinajstić information content (AvgIpc) is 3.77. The van der Waals surface area contributed by atoms with Gasteiger partial charge in [0.2, 0.25) is 16.6 Å². The van der Waals surface area contributed by atoms with Crippen molar-refractivity contribution >= 4 is 61.8 Å². The van der Waals surface area contributed by atoms with Crippen molar-refractivity contribution in [3.05, 3.63) is 52.8 Å². The number of oxime groups is 1. The molecule has 20 nitrogen and oxygen atoms in total. The SMILES string of the molecule is CC1(C)[C@H](CC(=O)/C(=N\O[C@@H](COc2ccc(N3Cc4c(c[n+](CC5CNC5)n4CCCN)C3=O)cc2)C(=O)O)c2csc(N)n2)C(=O)N1OS(=O)(=O)[O-]. The minimum Gasteiger partial charge on any atom is -0.724 e. The van der Waals surface area contributed by atoms with Crippen LogP contribution in [0.3, 0.4) is 0 Å². The molecule has 0 unspecified atom stereocenters. The molecule has 6 N–H and O–H groups in total. The summed E-state index contributed by atoms with van der Waals surface area (Å²) >= 11 is 0.967. The third-order valence-corrected chi connectivity index (χ3v) is 10.4. The Hall–Kier alpha value is -5.00. The Morgan fingerprint density at radius 2 is 1.96 bits per heavy atom. The highest BCUT2D eigenvalue weighted by molar-refractivity contribution is 7.80. The van der Waals surface area contributed by atoms with Gasteiger partial charge in [-0.15, -0.1) is 16.0 Å². The zero-order chi connectivity index (χ0) is 38.9. The van der Waals surface area contributed by atoms with Crippen LogP contribution in [0, 0.1) is 11.8 Å². The largest absolute Gasteiger partial charge is 0.724 e. The van der Waals surface area contributed by atoms with E-state index < -0.39 is 64.4 Å². The van der Waals surface area contributed by atoms with Crippen LogP contribution < -0.4 is 31.1 Å². The molecular weight excluding hydrogens is 751 g/mol. The van der Waals surface area contributed by atoms with Gasteiger partial charge in [0, 0.05) is 36.5 Å². The Morgan fingerprint density at radius 1 is 1.24 bits per heavy atom. The molecule has 5 heterocycles. The van der Waals surface area contributed by atoms with Gasteiger partial charge in [-0.1, -0.05) is 5.16 Å². The fourth-order valence-corrected chi connectivity index (χ4v) is 7.34. The number of hydrogen-bond acceptors (Lipinski definition) is 16. The molecule has 2 saturated heterocycles. The lowest BCUT2D eigenvalue weighted by atomic mass is 9.74. The Bertz CT molecular complexity index is 2080. The molecular formula is C32H39N9O11S2. The molecule has 0 radical (unpaired) electrons. The summed E-state index contributed by atoms with van der Waals surface area (Å²) < 4.78 is 47.3. The quantitative estimate of drug-likeness (QED) is 0.0312. The summed E-state index contributed by atoms with van der Waals surface area (Å²) in [6, 6.07) is 6.51. The summed E-state index contributed by atoms with van der Waals surface area (Å²) in [4.78, 5) is 62.5. The van der Waals surface area contributed by atoms with Crippen LogP contribution in [0.15, 0.2) is 41.0 Å². The number of carboxylic acid groups (broad SMARTS) is 1. The number of ketones is 1. The van der Waals surface area contributed by atoms with Gasteiger partial charge in [-0.25, -0.2) is 18.2 Å². The van der Waals surface area contributed by atoms with Gasteiger partial charge in [0.25, 0.3) is 17.9 Å². The molecule has 3 aliphatic rings. The van der Waals surface area contributed by atoms with E-state index >= 15 is 0 Å². The van der Waals surface area contributed by atoms with E-state index in [1.807, 2.05) is 6.20 Å². The van der Waals surface area contributed by atoms with Gasteiger partial charge in [0.05, 0.1) is 24.5 Å². The normalized spacial score (nSPS) is 19.0.